The minimum Gasteiger partial charge on any atom is -0.490 e. The van der Waals surface area contributed by atoms with Gasteiger partial charge < -0.3 is 9.47 Å². The van der Waals surface area contributed by atoms with E-state index in [0.717, 1.165) is 27.4 Å². The van der Waals surface area contributed by atoms with Gasteiger partial charge in [-0.15, -0.1) is 0 Å². The molecule has 2 amide bonds. The Morgan fingerprint density at radius 2 is 1.65 bits per heavy atom. The van der Waals surface area contributed by atoms with Crippen LogP contribution in [0.5, 0.6) is 11.5 Å². The predicted molar refractivity (Wildman–Crippen MR) is 140 cm³/mol. The van der Waals surface area contributed by atoms with Gasteiger partial charge >= 0.3 is 0 Å². The highest BCUT2D eigenvalue weighted by molar-refractivity contribution is 9.10. The standard InChI is InChI=1S/C25H18BrCl2NO4S/c26-18-13-16(9-10-21(18)33-15-17-5-1-2-6-19(17)27)14-23-24(30)29(25(31)34-23)11-12-32-22-8-4-3-7-20(22)28/h1-10,13-14H,11-12,15H2/b23-14-. The van der Waals surface area contributed by atoms with E-state index in [4.69, 9.17) is 32.7 Å². The third-order valence-electron chi connectivity index (χ3n) is 4.88. The summed E-state index contributed by atoms with van der Waals surface area (Å²) in [6.07, 6.45) is 1.68. The summed E-state index contributed by atoms with van der Waals surface area (Å²) in [4.78, 5) is 26.6. The van der Waals surface area contributed by atoms with E-state index >= 15 is 0 Å². The van der Waals surface area contributed by atoms with E-state index < -0.39 is 0 Å². The number of imide groups is 1. The minimum atomic E-state index is -0.354. The maximum Gasteiger partial charge on any atom is 0.293 e. The molecule has 0 bridgehead atoms. The summed E-state index contributed by atoms with van der Waals surface area (Å²) in [5.74, 6) is 0.795. The van der Waals surface area contributed by atoms with Crippen LogP contribution in [0, 0.1) is 0 Å². The average molecular weight is 579 g/mol. The van der Waals surface area contributed by atoms with Gasteiger partial charge in [-0.25, -0.2) is 0 Å². The first-order valence-corrected chi connectivity index (χ1v) is 12.6. The smallest absolute Gasteiger partial charge is 0.293 e. The summed E-state index contributed by atoms with van der Waals surface area (Å²) in [5.41, 5.74) is 1.64. The van der Waals surface area contributed by atoms with Crippen molar-refractivity contribution in [3.8, 4) is 11.5 Å². The molecule has 0 spiro atoms. The van der Waals surface area contributed by atoms with Gasteiger partial charge in [-0.1, -0.05) is 59.6 Å². The molecule has 34 heavy (non-hydrogen) atoms. The molecule has 0 radical (unpaired) electrons. The van der Waals surface area contributed by atoms with E-state index in [1.807, 2.05) is 36.4 Å². The van der Waals surface area contributed by atoms with Crippen LogP contribution in [-0.2, 0) is 11.4 Å². The second-order valence-electron chi connectivity index (χ2n) is 7.18. The molecule has 4 rings (SSSR count). The topological polar surface area (TPSA) is 55.8 Å². The average Bonchev–Trinajstić information content (AvgIpc) is 3.08. The molecule has 1 heterocycles. The van der Waals surface area contributed by atoms with Gasteiger partial charge in [0, 0.05) is 10.6 Å². The largest absolute Gasteiger partial charge is 0.490 e. The number of hydrogen-bond acceptors (Lipinski definition) is 5. The number of amides is 2. The van der Waals surface area contributed by atoms with Gasteiger partial charge in [0.25, 0.3) is 11.1 Å². The number of rotatable bonds is 8. The zero-order valence-corrected chi connectivity index (χ0v) is 21.6. The van der Waals surface area contributed by atoms with Gasteiger partial charge in [-0.2, -0.15) is 0 Å². The van der Waals surface area contributed by atoms with Crippen LogP contribution in [0.15, 0.2) is 76.1 Å². The lowest BCUT2D eigenvalue weighted by Crippen LogP contribution is -2.32. The van der Waals surface area contributed by atoms with E-state index in [2.05, 4.69) is 15.9 Å². The van der Waals surface area contributed by atoms with Crippen LogP contribution in [0.25, 0.3) is 6.08 Å². The summed E-state index contributed by atoms with van der Waals surface area (Å²) >= 11 is 16.7. The first kappa shape index (κ1) is 24.7. The quantitative estimate of drug-likeness (QED) is 0.260. The zero-order chi connectivity index (χ0) is 24.1. The highest BCUT2D eigenvalue weighted by atomic mass is 79.9. The second-order valence-corrected chi connectivity index (χ2v) is 9.84. The van der Waals surface area contributed by atoms with Crippen molar-refractivity contribution in [2.75, 3.05) is 13.2 Å². The van der Waals surface area contributed by atoms with E-state index in [9.17, 15) is 9.59 Å². The normalized spacial score (nSPS) is 14.7. The number of carbonyl (C=O) groups excluding carboxylic acids is 2. The zero-order valence-electron chi connectivity index (χ0n) is 17.7. The Balaban J connectivity index is 1.38. The molecule has 0 aromatic heterocycles. The summed E-state index contributed by atoms with van der Waals surface area (Å²) < 4.78 is 12.2. The predicted octanol–water partition coefficient (Wildman–Crippen LogP) is 7.45. The molecule has 9 heteroatoms. The Hall–Kier alpha value is -2.45. The Kier molecular flexibility index (Phi) is 8.21. The fraction of sp³-hybridized carbons (Fsp3) is 0.120. The molecule has 5 nitrogen and oxygen atoms in total. The molecule has 174 valence electrons. The molecule has 1 fully saturated rings. The summed E-state index contributed by atoms with van der Waals surface area (Å²) in [6, 6.07) is 20.0. The number of para-hydroxylation sites is 1. The lowest BCUT2D eigenvalue weighted by Gasteiger charge is -2.13. The first-order chi connectivity index (χ1) is 16.4. The van der Waals surface area contributed by atoms with Crippen molar-refractivity contribution in [1.82, 2.24) is 4.90 Å². The van der Waals surface area contributed by atoms with Crippen molar-refractivity contribution in [2.45, 2.75) is 6.61 Å². The van der Waals surface area contributed by atoms with Crippen LogP contribution >= 0.6 is 50.9 Å². The van der Waals surface area contributed by atoms with Gasteiger partial charge in [0.05, 0.1) is 20.9 Å². The van der Waals surface area contributed by atoms with E-state index in [-0.39, 0.29) is 24.3 Å². The number of carbonyl (C=O) groups is 2. The Bertz CT molecular complexity index is 1270. The van der Waals surface area contributed by atoms with Crippen molar-refractivity contribution >= 4 is 68.1 Å². The van der Waals surface area contributed by atoms with Crippen LogP contribution in [0.4, 0.5) is 4.79 Å². The molecule has 1 aliphatic heterocycles. The summed E-state index contributed by atoms with van der Waals surface area (Å²) in [5, 5.41) is 0.780. The number of nitrogens with zero attached hydrogens (tertiary/aromatic N) is 1. The minimum absolute atomic E-state index is 0.131. The van der Waals surface area contributed by atoms with Gasteiger partial charge in [0.1, 0.15) is 24.7 Å². The van der Waals surface area contributed by atoms with Gasteiger partial charge in [-0.3, -0.25) is 14.5 Å². The van der Waals surface area contributed by atoms with Gasteiger partial charge in [0.15, 0.2) is 0 Å². The number of halogens is 3. The van der Waals surface area contributed by atoms with Gasteiger partial charge in [-0.05, 0) is 69.7 Å². The summed E-state index contributed by atoms with van der Waals surface area (Å²) in [7, 11) is 0. The van der Waals surface area contributed by atoms with Crippen LogP contribution in [-0.4, -0.2) is 29.2 Å². The Morgan fingerprint density at radius 3 is 2.38 bits per heavy atom. The number of benzene rings is 3. The first-order valence-electron chi connectivity index (χ1n) is 10.2. The molecule has 3 aromatic rings. The molecule has 0 saturated carbocycles. The van der Waals surface area contributed by atoms with Crippen LogP contribution in [0.2, 0.25) is 10.0 Å². The number of ether oxygens (including phenoxy) is 2. The maximum absolute atomic E-state index is 12.8. The van der Waals surface area contributed by atoms with E-state index in [1.165, 1.54) is 4.90 Å². The third-order valence-corrected chi connectivity index (χ3v) is 7.09. The van der Waals surface area contributed by atoms with Crippen molar-refractivity contribution in [2.24, 2.45) is 0 Å². The number of thioether (sulfide) groups is 1. The Labute approximate surface area is 219 Å². The number of hydrogen-bond donors (Lipinski definition) is 0. The SMILES string of the molecule is O=C1S/C(=C\c2ccc(OCc3ccccc3Cl)c(Br)c2)C(=O)N1CCOc1ccccc1Cl. The molecular weight excluding hydrogens is 561 g/mol. The molecule has 1 saturated heterocycles. The molecule has 0 N–H and O–H groups in total. The molecular formula is C25H18BrCl2NO4S. The lowest BCUT2D eigenvalue weighted by atomic mass is 10.2. The van der Waals surface area contributed by atoms with Crippen molar-refractivity contribution < 1.29 is 19.1 Å². The molecule has 0 aliphatic carbocycles. The van der Waals surface area contributed by atoms with Crippen LogP contribution in [0.3, 0.4) is 0 Å². The second kappa shape index (κ2) is 11.3. The van der Waals surface area contributed by atoms with Crippen molar-refractivity contribution in [1.29, 1.82) is 0 Å². The van der Waals surface area contributed by atoms with Crippen molar-refractivity contribution in [3.63, 3.8) is 0 Å². The lowest BCUT2D eigenvalue weighted by molar-refractivity contribution is -0.123. The fourth-order valence-corrected chi connectivity index (χ4v) is 4.90. The monoisotopic (exact) mass is 577 g/mol. The molecule has 0 unspecified atom stereocenters. The third kappa shape index (κ3) is 5.96. The fourth-order valence-electron chi connectivity index (χ4n) is 3.15. The molecule has 3 aromatic carbocycles. The van der Waals surface area contributed by atoms with Crippen molar-refractivity contribution in [3.05, 3.63) is 97.3 Å². The highest BCUT2D eigenvalue weighted by Gasteiger charge is 2.34. The highest BCUT2D eigenvalue weighted by Crippen LogP contribution is 2.34. The Morgan fingerprint density at radius 1 is 0.912 bits per heavy atom. The van der Waals surface area contributed by atoms with E-state index in [0.29, 0.717) is 33.1 Å². The summed E-state index contributed by atoms with van der Waals surface area (Å²) in [6.45, 7) is 0.608. The molecule has 0 atom stereocenters. The van der Waals surface area contributed by atoms with Crippen LogP contribution < -0.4 is 9.47 Å². The van der Waals surface area contributed by atoms with E-state index in [1.54, 1.807) is 36.4 Å². The van der Waals surface area contributed by atoms with Gasteiger partial charge in [0.2, 0.25) is 0 Å². The molecule has 1 aliphatic rings. The van der Waals surface area contributed by atoms with Crippen LogP contribution in [0.1, 0.15) is 11.1 Å². The maximum atomic E-state index is 12.8.